The maximum Gasteiger partial charge on any atom is 0.319 e. The van der Waals surface area contributed by atoms with Crippen molar-refractivity contribution in [2.45, 2.75) is 13.8 Å². The minimum absolute atomic E-state index is 0.352. The molecule has 30 heavy (non-hydrogen) atoms. The Morgan fingerprint density at radius 2 is 1.90 bits per heavy atom. The van der Waals surface area contributed by atoms with Crippen LogP contribution in [0.5, 0.6) is 11.5 Å². The number of benzene rings is 1. The standard InChI is InChI=1S/C20H25N7O3/c1-13-12-14(2)27(26-13)18-9-8-17(24-25-18)21-10-11-22-20(28)23-15-6-5-7-16(29-3)19(15)30-4/h5-9,12H,10-11H2,1-4H3,(H,21,24)(H2,22,23,28). The molecule has 10 heteroatoms. The van der Waals surface area contributed by atoms with Crippen LogP contribution in [-0.2, 0) is 0 Å². The van der Waals surface area contributed by atoms with Crippen molar-refractivity contribution in [3.05, 3.63) is 47.8 Å². The number of nitrogens with zero attached hydrogens (tertiary/aromatic N) is 4. The second-order valence-electron chi connectivity index (χ2n) is 6.46. The van der Waals surface area contributed by atoms with Crippen LogP contribution in [0.25, 0.3) is 5.82 Å². The Balaban J connectivity index is 1.47. The van der Waals surface area contributed by atoms with E-state index in [0.717, 1.165) is 11.4 Å². The van der Waals surface area contributed by atoms with Gasteiger partial charge in [0.25, 0.3) is 0 Å². The predicted molar refractivity (Wildman–Crippen MR) is 114 cm³/mol. The van der Waals surface area contributed by atoms with Crippen LogP contribution in [0.2, 0.25) is 0 Å². The van der Waals surface area contributed by atoms with Crippen molar-refractivity contribution in [3.8, 4) is 17.3 Å². The average molecular weight is 411 g/mol. The first-order valence-corrected chi connectivity index (χ1v) is 9.39. The summed E-state index contributed by atoms with van der Waals surface area (Å²) in [6.07, 6.45) is 0. The molecule has 0 atom stereocenters. The van der Waals surface area contributed by atoms with Crippen LogP contribution in [0, 0.1) is 13.8 Å². The van der Waals surface area contributed by atoms with Crippen LogP contribution in [0.4, 0.5) is 16.3 Å². The molecule has 10 nitrogen and oxygen atoms in total. The molecule has 0 fully saturated rings. The quantitative estimate of drug-likeness (QED) is 0.488. The van der Waals surface area contributed by atoms with E-state index in [9.17, 15) is 4.79 Å². The molecule has 0 saturated carbocycles. The lowest BCUT2D eigenvalue weighted by Gasteiger charge is -2.14. The van der Waals surface area contributed by atoms with Crippen molar-refractivity contribution in [3.63, 3.8) is 0 Å². The summed E-state index contributed by atoms with van der Waals surface area (Å²) in [7, 11) is 3.06. The first kappa shape index (κ1) is 20.9. The molecular formula is C20H25N7O3. The summed E-state index contributed by atoms with van der Waals surface area (Å²) in [5.41, 5.74) is 2.44. The lowest BCUT2D eigenvalue weighted by molar-refractivity contribution is 0.252. The average Bonchev–Trinajstić information content (AvgIpc) is 3.09. The molecular weight excluding hydrogens is 386 g/mol. The van der Waals surface area contributed by atoms with Crippen LogP contribution in [0.3, 0.4) is 0 Å². The maximum atomic E-state index is 12.1. The second kappa shape index (κ2) is 9.59. The van der Waals surface area contributed by atoms with E-state index in [2.05, 4.69) is 31.2 Å². The first-order valence-electron chi connectivity index (χ1n) is 9.39. The summed E-state index contributed by atoms with van der Waals surface area (Å²) < 4.78 is 12.3. The van der Waals surface area contributed by atoms with E-state index in [4.69, 9.17) is 9.47 Å². The fraction of sp³-hybridized carbons (Fsp3) is 0.300. The zero-order valence-electron chi connectivity index (χ0n) is 17.4. The van der Waals surface area contributed by atoms with Gasteiger partial charge in [-0.15, -0.1) is 10.2 Å². The van der Waals surface area contributed by atoms with Gasteiger partial charge in [-0.05, 0) is 44.2 Å². The third-order valence-corrected chi connectivity index (χ3v) is 4.24. The predicted octanol–water partition coefficient (Wildman–Crippen LogP) is 2.53. The van der Waals surface area contributed by atoms with E-state index in [1.165, 1.54) is 7.11 Å². The van der Waals surface area contributed by atoms with E-state index in [0.29, 0.717) is 41.9 Å². The van der Waals surface area contributed by atoms with Crippen molar-refractivity contribution >= 4 is 17.5 Å². The number of nitrogens with one attached hydrogen (secondary N) is 3. The lowest BCUT2D eigenvalue weighted by atomic mass is 10.2. The number of aryl methyl sites for hydroxylation is 2. The smallest absolute Gasteiger partial charge is 0.319 e. The van der Waals surface area contributed by atoms with Crippen molar-refractivity contribution in [1.82, 2.24) is 25.3 Å². The topological polar surface area (TPSA) is 115 Å². The van der Waals surface area contributed by atoms with Gasteiger partial charge in [-0.1, -0.05) is 6.07 Å². The Kier molecular flexibility index (Phi) is 6.68. The zero-order chi connectivity index (χ0) is 21.5. The number of urea groups is 1. The molecule has 3 aromatic rings. The minimum atomic E-state index is -0.352. The molecule has 3 rings (SSSR count). The Bertz CT molecular complexity index is 1000. The summed E-state index contributed by atoms with van der Waals surface area (Å²) >= 11 is 0. The SMILES string of the molecule is COc1cccc(NC(=O)NCCNc2ccc(-n3nc(C)cc3C)nn2)c1OC. The van der Waals surface area contributed by atoms with Gasteiger partial charge in [-0.25, -0.2) is 9.48 Å². The van der Waals surface area contributed by atoms with Crippen molar-refractivity contribution < 1.29 is 14.3 Å². The first-order chi connectivity index (χ1) is 14.5. The number of hydrogen-bond donors (Lipinski definition) is 3. The normalized spacial score (nSPS) is 10.4. The van der Waals surface area contributed by atoms with Crippen LogP contribution in [-0.4, -0.2) is 53.3 Å². The van der Waals surface area contributed by atoms with Crippen molar-refractivity contribution in [2.24, 2.45) is 0 Å². The molecule has 158 valence electrons. The number of carbonyl (C=O) groups excluding carboxylic acids is 1. The number of hydrogen-bond acceptors (Lipinski definition) is 7. The number of ether oxygens (including phenoxy) is 2. The van der Waals surface area contributed by atoms with Crippen LogP contribution in [0.15, 0.2) is 36.4 Å². The molecule has 0 spiro atoms. The fourth-order valence-electron chi connectivity index (χ4n) is 2.91. The van der Waals surface area contributed by atoms with Crippen molar-refractivity contribution in [1.29, 1.82) is 0 Å². The summed E-state index contributed by atoms with van der Waals surface area (Å²) in [4.78, 5) is 12.1. The van der Waals surface area contributed by atoms with Gasteiger partial charge in [0.15, 0.2) is 17.3 Å². The van der Waals surface area contributed by atoms with Gasteiger partial charge in [-0.3, -0.25) is 0 Å². The minimum Gasteiger partial charge on any atom is -0.493 e. The Morgan fingerprint density at radius 1 is 1.07 bits per heavy atom. The molecule has 0 aliphatic heterocycles. The number of rotatable bonds is 8. The Labute approximate surface area is 174 Å². The molecule has 1 aromatic carbocycles. The van der Waals surface area contributed by atoms with Gasteiger partial charge >= 0.3 is 6.03 Å². The largest absolute Gasteiger partial charge is 0.493 e. The highest BCUT2D eigenvalue weighted by atomic mass is 16.5. The summed E-state index contributed by atoms with van der Waals surface area (Å²) in [5, 5.41) is 21.4. The van der Waals surface area contributed by atoms with E-state index in [1.807, 2.05) is 32.0 Å². The van der Waals surface area contributed by atoms with Crippen molar-refractivity contribution in [2.75, 3.05) is 37.9 Å². The fourth-order valence-corrected chi connectivity index (χ4v) is 2.91. The lowest BCUT2D eigenvalue weighted by Crippen LogP contribution is -2.32. The highest BCUT2D eigenvalue weighted by molar-refractivity contribution is 5.91. The van der Waals surface area contributed by atoms with E-state index in [1.54, 1.807) is 30.0 Å². The molecule has 2 heterocycles. The molecule has 2 aromatic heterocycles. The van der Waals surface area contributed by atoms with Gasteiger partial charge in [-0.2, -0.15) is 5.10 Å². The summed E-state index contributed by atoms with van der Waals surface area (Å²) in [6, 6.07) is 10.5. The number of methoxy groups -OCH3 is 2. The Morgan fingerprint density at radius 3 is 2.53 bits per heavy atom. The monoisotopic (exact) mass is 411 g/mol. The van der Waals surface area contributed by atoms with Crippen LogP contribution < -0.4 is 25.4 Å². The van der Waals surface area contributed by atoms with Gasteiger partial charge in [0, 0.05) is 18.8 Å². The molecule has 3 N–H and O–H groups in total. The van der Waals surface area contributed by atoms with Gasteiger partial charge in [0.05, 0.1) is 25.6 Å². The van der Waals surface area contributed by atoms with E-state index < -0.39 is 0 Å². The maximum absolute atomic E-state index is 12.1. The van der Waals surface area contributed by atoms with Gasteiger partial charge in [0.2, 0.25) is 0 Å². The number of para-hydroxylation sites is 1. The van der Waals surface area contributed by atoms with Crippen LogP contribution in [0.1, 0.15) is 11.4 Å². The van der Waals surface area contributed by atoms with Gasteiger partial charge < -0.3 is 25.4 Å². The molecule has 0 radical (unpaired) electrons. The third-order valence-electron chi connectivity index (χ3n) is 4.24. The van der Waals surface area contributed by atoms with Gasteiger partial charge in [0.1, 0.15) is 5.82 Å². The molecule has 0 aliphatic carbocycles. The molecule has 0 aliphatic rings. The van der Waals surface area contributed by atoms with E-state index in [-0.39, 0.29) is 6.03 Å². The molecule has 2 amide bonds. The highest BCUT2D eigenvalue weighted by Crippen LogP contribution is 2.34. The molecule has 0 bridgehead atoms. The zero-order valence-corrected chi connectivity index (χ0v) is 17.4. The highest BCUT2D eigenvalue weighted by Gasteiger charge is 2.12. The molecule has 0 unspecified atom stereocenters. The number of amides is 2. The second-order valence-corrected chi connectivity index (χ2v) is 6.46. The Hall–Kier alpha value is -3.82. The summed E-state index contributed by atoms with van der Waals surface area (Å²) in [5.74, 6) is 2.26. The number of aromatic nitrogens is 4. The number of carbonyl (C=O) groups is 1. The van der Waals surface area contributed by atoms with E-state index >= 15 is 0 Å². The van der Waals surface area contributed by atoms with Crippen LogP contribution >= 0.6 is 0 Å². The third kappa shape index (κ3) is 4.96. The number of anilines is 2. The molecule has 0 saturated heterocycles. The summed E-state index contributed by atoms with van der Waals surface area (Å²) in [6.45, 7) is 4.77.